The molecule has 10 nitrogen and oxygen atoms in total. The lowest BCUT2D eigenvalue weighted by Gasteiger charge is -2.20. The summed E-state index contributed by atoms with van der Waals surface area (Å²) in [6.07, 6.45) is 5.11. The van der Waals surface area contributed by atoms with Crippen LogP contribution in [0.5, 0.6) is 11.5 Å². The Hall–Kier alpha value is -3.71. The summed E-state index contributed by atoms with van der Waals surface area (Å²) >= 11 is 14.2. The summed E-state index contributed by atoms with van der Waals surface area (Å²) < 4.78 is 22.7. The zero-order chi connectivity index (χ0) is 33.2. The van der Waals surface area contributed by atoms with Crippen LogP contribution in [0.2, 0.25) is 10.0 Å². The second-order valence-electron chi connectivity index (χ2n) is 11.0. The highest BCUT2D eigenvalue weighted by Crippen LogP contribution is 2.35. The van der Waals surface area contributed by atoms with Crippen LogP contribution >= 0.6 is 34.5 Å². The van der Waals surface area contributed by atoms with Gasteiger partial charge in [-0.05, 0) is 61.3 Å². The third-order valence-electron chi connectivity index (χ3n) is 7.98. The number of H-pyrrole nitrogens is 1. The number of benzene rings is 2. The topological polar surface area (TPSA) is 130 Å². The fourth-order valence-corrected chi connectivity index (χ4v) is 6.83. The molecule has 0 bridgehead atoms. The van der Waals surface area contributed by atoms with E-state index in [0.29, 0.717) is 50.7 Å². The molecule has 0 radical (unpaired) electrons. The van der Waals surface area contributed by atoms with Crippen molar-refractivity contribution < 1.29 is 39.0 Å². The van der Waals surface area contributed by atoms with Crippen LogP contribution in [0.4, 0.5) is 0 Å². The summed E-state index contributed by atoms with van der Waals surface area (Å²) in [4.78, 5) is 33.2. The first-order chi connectivity index (χ1) is 22.9. The Kier molecular flexibility index (Phi) is 14.0. The number of rotatable bonds is 15. The molecule has 2 aromatic heterocycles. The van der Waals surface area contributed by atoms with Crippen molar-refractivity contribution in [1.82, 2.24) is 10.2 Å². The number of halogens is 2. The van der Waals surface area contributed by atoms with Crippen molar-refractivity contribution in [2.45, 2.75) is 38.0 Å². The lowest BCUT2D eigenvalue weighted by Crippen LogP contribution is -2.32. The fourth-order valence-electron chi connectivity index (χ4n) is 5.46. The maximum Gasteiger partial charge on any atom is 0.348 e. The molecular weight excluding hydrogens is 677 g/mol. The van der Waals surface area contributed by atoms with Crippen LogP contribution in [0.3, 0.4) is 0 Å². The molecule has 1 aliphatic rings. The number of carbonyl (C=O) groups is 2. The third-order valence-corrected chi connectivity index (χ3v) is 9.72. The molecule has 1 fully saturated rings. The lowest BCUT2D eigenvalue weighted by atomic mass is 10.0. The summed E-state index contributed by atoms with van der Waals surface area (Å²) in [5, 5.41) is 4.17. The molecule has 13 heteroatoms. The van der Waals surface area contributed by atoms with E-state index in [0.717, 1.165) is 30.1 Å². The number of nitrogens with one attached hydrogen (secondary N) is 2. The Labute approximate surface area is 294 Å². The Morgan fingerprint density at radius 3 is 2.33 bits per heavy atom. The molecule has 1 aliphatic heterocycles. The van der Waals surface area contributed by atoms with Gasteiger partial charge in [0, 0.05) is 30.0 Å². The zero-order valence-electron chi connectivity index (χ0n) is 26.7. The number of thiophene rings is 1. The lowest BCUT2D eigenvalue weighted by molar-refractivity contribution is -0.377. The normalized spacial score (nSPS) is 14.1. The number of hydrogen-bond acceptors (Lipinski definition) is 10. The first kappa shape index (κ1) is 37.1. The molecule has 4 aromatic rings. The second-order valence-corrected chi connectivity index (χ2v) is 13.0. The minimum atomic E-state index is -0.735. The van der Waals surface area contributed by atoms with Crippen LogP contribution in [-0.2, 0) is 27.2 Å². The quantitative estimate of drug-likeness (QED) is 0.141. The first-order valence-corrected chi connectivity index (χ1v) is 17.0. The van der Waals surface area contributed by atoms with Gasteiger partial charge in [-0.1, -0.05) is 59.6 Å². The Morgan fingerprint density at radius 1 is 0.938 bits per heavy atom. The molecule has 5 rings (SSSR count). The molecule has 2 aromatic carbocycles. The number of ether oxygens (including phenoxy) is 4. The largest absolute Gasteiger partial charge is 0.870 e. The van der Waals surface area contributed by atoms with Crippen LogP contribution < -0.4 is 19.8 Å². The van der Waals surface area contributed by atoms with Crippen molar-refractivity contribution in [3.8, 4) is 11.5 Å². The Balaban J connectivity index is 0.00000520. The standard InChI is InChI=1S/C35H37Cl2N3O6S.H2O/c1-43-29-12-10-24(18-31(29)44-2)30(19-26-27(36)21-38-22-28(26)37)46-34(41)32-13-11-25(47-32)20-39-33(23-8-4-3-5-9-23)35(42)45-17-16-40-14-6-7-15-40;/h3-5,8-13,18,21-22,30,33,39H,6-7,14-17,19-20H2,1-2H3;1H2/t30-,33?;/m0./s1. The van der Waals surface area contributed by atoms with Crippen molar-refractivity contribution in [2.75, 3.05) is 40.5 Å². The molecular formula is C35H39Cl2N3O7S. The molecule has 3 N–H and O–H groups in total. The van der Waals surface area contributed by atoms with Gasteiger partial charge < -0.3 is 24.4 Å². The van der Waals surface area contributed by atoms with E-state index in [1.807, 2.05) is 42.5 Å². The maximum absolute atomic E-state index is 13.5. The molecule has 0 aliphatic carbocycles. The Bertz CT molecular complexity index is 1630. The van der Waals surface area contributed by atoms with Gasteiger partial charge in [-0.25, -0.2) is 14.6 Å². The van der Waals surface area contributed by atoms with Gasteiger partial charge in [-0.3, -0.25) is 10.2 Å². The molecule has 256 valence electrons. The van der Waals surface area contributed by atoms with Crippen molar-refractivity contribution in [3.05, 3.63) is 110 Å². The van der Waals surface area contributed by atoms with E-state index in [-0.39, 0.29) is 17.9 Å². The fraction of sp³-hybridized carbons (Fsp3) is 0.343. The molecule has 0 spiro atoms. The predicted molar refractivity (Wildman–Crippen MR) is 183 cm³/mol. The van der Waals surface area contributed by atoms with Crippen molar-refractivity contribution in [3.63, 3.8) is 0 Å². The number of esters is 2. The van der Waals surface area contributed by atoms with Gasteiger partial charge in [0.15, 0.2) is 23.9 Å². The second kappa shape index (κ2) is 18.2. The number of aromatic amines is 1. The van der Waals surface area contributed by atoms with E-state index >= 15 is 0 Å². The van der Waals surface area contributed by atoms with Gasteiger partial charge in [0.2, 0.25) is 0 Å². The summed E-state index contributed by atoms with van der Waals surface area (Å²) in [6, 6.07) is 17.7. The van der Waals surface area contributed by atoms with Crippen molar-refractivity contribution in [2.24, 2.45) is 0 Å². The van der Waals surface area contributed by atoms with E-state index in [9.17, 15) is 9.59 Å². The van der Waals surface area contributed by atoms with Crippen LogP contribution in [0.25, 0.3) is 0 Å². The van der Waals surface area contributed by atoms with Gasteiger partial charge in [-0.2, -0.15) is 0 Å². The van der Waals surface area contributed by atoms with Gasteiger partial charge >= 0.3 is 11.9 Å². The minimum absolute atomic E-state index is 0. The van der Waals surface area contributed by atoms with E-state index in [1.165, 1.54) is 24.2 Å². The zero-order valence-corrected chi connectivity index (χ0v) is 29.1. The number of hydrogen-bond donors (Lipinski definition) is 1. The monoisotopic (exact) mass is 715 g/mol. The predicted octanol–water partition coefficient (Wildman–Crippen LogP) is 6.32. The minimum Gasteiger partial charge on any atom is -0.870 e. The molecule has 48 heavy (non-hydrogen) atoms. The van der Waals surface area contributed by atoms with Gasteiger partial charge in [0.25, 0.3) is 0 Å². The average Bonchev–Trinajstić information content (AvgIpc) is 3.79. The number of carbonyl (C=O) groups excluding carboxylic acids is 2. The van der Waals surface area contributed by atoms with Gasteiger partial charge in [-0.15, -0.1) is 11.3 Å². The molecule has 2 atom stereocenters. The summed E-state index contributed by atoms with van der Waals surface area (Å²) in [7, 11) is 3.10. The third kappa shape index (κ3) is 9.68. The number of pyridine rings is 1. The Morgan fingerprint density at radius 2 is 1.65 bits per heavy atom. The van der Waals surface area contributed by atoms with E-state index in [4.69, 9.17) is 42.1 Å². The summed E-state index contributed by atoms with van der Waals surface area (Å²) in [5.41, 5.74) is 2.13. The van der Waals surface area contributed by atoms with Crippen LogP contribution in [0.15, 0.2) is 73.1 Å². The van der Waals surface area contributed by atoms with Crippen molar-refractivity contribution in [1.29, 1.82) is 0 Å². The molecule has 1 saturated heterocycles. The SMILES string of the molecule is COc1ccc([C@H](Cc2c(Cl)c[nH+]cc2Cl)OC(=O)c2ccc(CNC(C(=O)OCCN3CCCC3)c3ccccc3)s2)cc1OC.[OH-]. The summed E-state index contributed by atoms with van der Waals surface area (Å²) in [5.74, 6) is 0.208. The number of aromatic nitrogens is 1. The highest BCUT2D eigenvalue weighted by molar-refractivity contribution is 7.13. The summed E-state index contributed by atoms with van der Waals surface area (Å²) in [6.45, 7) is 3.52. The number of likely N-dealkylation sites (tertiary alicyclic amines) is 1. The van der Waals surface area contributed by atoms with Gasteiger partial charge in [0.1, 0.15) is 33.7 Å². The van der Waals surface area contributed by atoms with E-state index < -0.39 is 18.1 Å². The molecule has 0 amide bonds. The van der Waals surface area contributed by atoms with E-state index in [1.54, 1.807) is 44.8 Å². The first-order valence-electron chi connectivity index (χ1n) is 15.4. The maximum atomic E-state index is 13.5. The number of nitrogens with zero attached hydrogens (tertiary/aromatic N) is 1. The van der Waals surface area contributed by atoms with Crippen LogP contribution in [0, 0.1) is 0 Å². The molecule has 0 saturated carbocycles. The van der Waals surface area contributed by atoms with Crippen LogP contribution in [0.1, 0.15) is 56.2 Å². The highest BCUT2D eigenvalue weighted by Gasteiger charge is 2.26. The van der Waals surface area contributed by atoms with Crippen LogP contribution in [-0.4, -0.2) is 62.8 Å². The highest BCUT2D eigenvalue weighted by atomic mass is 35.5. The van der Waals surface area contributed by atoms with Crippen molar-refractivity contribution >= 4 is 46.5 Å². The van der Waals surface area contributed by atoms with Gasteiger partial charge in [0.05, 0.1) is 14.2 Å². The van der Waals surface area contributed by atoms with E-state index in [2.05, 4.69) is 15.2 Å². The number of methoxy groups -OCH3 is 2. The molecule has 3 heterocycles. The average molecular weight is 717 g/mol. The molecule has 1 unspecified atom stereocenters. The smallest absolute Gasteiger partial charge is 0.348 e.